The van der Waals surface area contributed by atoms with Crippen molar-refractivity contribution in [2.75, 3.05) is 23.7 Å². The molecule has 3 aromatic rings. The number of carbonyl (C=O) groups excluding carboxylic acids is 1. The maximum absolute atomic E-state index is 12.9. The van der Waals surface area contributed by atoms with Gasteiger partial charge in [0, 0.05) is 5.02 Å². The van der Waals surface area contributed by atoms with Crippen molar-refractivity contribution in [1.82, 2.24) is 5.32 Å². The van der Waals surface area contributed by atoms with Crippen molar-refractivity contribution in [1.29, 1.82) is 0 Å². The Morgan fingerprint density at radius 2 is 1.81 bits per heavy atom. The number of sulfonamides is 1. The van der Waals surface area contributed by atoms with Crippen LogP contribution < -0.4 is 14.4 Å². The molecule has 6 nitrogen and oxygen atoms in total. The van der Waals surface area contributed by atoms with E-state index in [0.717, 1.165) is 26.9 Å². The number of nitrogens with zero attached hydrogens (tertiary/aromatic N) is 1. The Morgan fingerprint density at radius 1 is 1.09 bits per heavy atom. The van der Waals surface area contributed by atoms with Crippen LogP contribution in [0.4, 0.5) is 5.69 Å². The average molecular weight is 475 g/mol. The molecule has 1 atom stereocenters. The van der Waals surface area contributed by atoms with Gasteiger partial charge in [0.05, 0.1) is 18.5 Å². The van der Waals surface area contributed by atoms with E-state index in [9.17, 15) is 13.2 Å². The molecule has 0 aliphatic carbocycles. The molecule has 0 saturated heterocycles. The molecule has 0 bridgehead atoms. The van der Waals surface area contributed by atoms with Crippen LogP contribution in [-0.2, 0) is 14.8 Å². The largest absolute Gasteiger partial charge is 0.492 e. The number of ether oxygens (including phenoxy) is 1. The lowest BCUT2D eigenvalue weighted by molar-refractivity contribution is -0.122. The number of rotatable bonds is 9. The first kappa shape index (κ1) is 23.9. The van der Waals surface area contributed by atoms with Crippen molar-refractivity contribution in [2.24, 2.45) is 0 Å². The lowest BCUT2D eigenvalue weighted by atomic mass is 10.1. The van der Waals surface area contributed by atoms with Gasteiger partial charge in [-0.3, -0.25) is 9.10 Å². The Bertz CT molecular complexity index is 1210. The van der Waals surface area contributed by atoms with E-state index in [-0.39, 0.29) is 13.2 Å². The second-order valence-corrected chi connectivity index (χ2v) is 9.83. The van der Waals surface area contributed by atoms with Crippen LogP contribution in [0.2, 0.25) is 5.02 Å². The molecule has 170 valence electrons. The fraction of sp³-hybridized carbons (Fsp3) is 0.292. The molecule has 0 aromatic heterocycles. The SMILES string of the molecule is CC[C@H](C(=O)NCCOc1ccc2ccccc2c1)N(c1ccc(C)c(Cl)c1)S(C)(=O)=O. The molecular formula is C24H27ClN2O4S. The molecule has 32 heavy (non-hydrogen) atoms. The van der Waals surface area contributed by atoms with E-state index in [1.807, 2.05) is 49.4 Å². The van der Waals surface area contributed by atoms with Gasteiger partial charge in [-0.25, -0.2) is 8.42 Å². The van der Waals surface area contributed by atoms with Crippen LogP contribution in [0.15, 0.2) is 60.7 Å². The Morgan fingerprint density at radius 3 is 2.47 bits per heavy atom. The summed E-state index contributed by atoms with van der Waals surface area (Å²) in [6.07, 6.45) is 1.38. The molecule has 0 heterocycles. The third kappa shape index (κ3) is 5.72. The van der Waals surface area contributed by atoms with E-state index < -0.39 is 22.0 Å². The maximum atomic E-state index is 12.9. The number of amides is 1. The molecule has 0 unspecified atom stereocenters. The summed E-state index contributed by atoms with van der Waals surface area (Å²) in [5.41, 5.74) is 1.18. The minimum Gasteiger partial charge on any atom is -0.492 e. The first-order valence-corrected chi connectivity index (χ1v) is 12.6. The number of carbonyl (C=O) groups is 1. The standard InChI is InChI=1S/C24H27ClN2O4S/c1-4-23(27(32(3,29)30)20-11-9-17(2)22(25)16-20)24(28)26-13-14-31-21-12-10-18-7-5-6-8-19(18)15-21/h5-12,15-16,23H,4,13-14H2,1-3H3,(H,26,28)/t23-/m1/s1. The number of hydrogen-bond acceptors (Lipinski definition) is 4. The van der Waals surface area contributed by atoms with Crippen molar-refractivity contribution >= 4 is 44.0 Å². The van der Waals surface area contributed by atoms with Crippen molar-refractivity contribution < 1.29 is 17.9 Å². The van der Waals surface area contributed by atoms with Gasteiger partial charge < -0.3 is 10.1 Å². The topological polar surface area (TPSA) is 75.7 Å². The Balaban J connectivity index is 1.65. The normalized spacial score (nSPS) is 12.4. The lowest BCUT2D eigenvalue weighted by Gasteiger charge is -2.30. The minimum atomic E-state index is -3.72. The number of aryl methyl sites for hydroxylation is 1. The summed E-state index contributed by atoms with van der Waals surface area (Å²) in [6.45, 7) is 4.10. The number of anilines is 1. The number of halogens is 1. The fourth-order valence-electron chi connectivity index (χ4n) is 3.50. The Hall–Kier alpha value is -2.77. The van der Waals surface area contributed by atoms with Gasteiger partial charge in [0.2, 0.25) is 15.9 Å². The van der Waals surface area contributed by atoms with Gasteiger partial charge in [-0.2, -0.15) is 0 Å². The first-order valence-electron chi connectivity index (χ1n) is 10.4. The quantitative estimate of drug-likeness (QED) is 0.462. The summed E-state index contributed by atoms with van der Waals surface area (Å²) in [7, 11) is -3.72. The summed E-state index contributed by atoms with van der Waals surface area (Å²) in [5, 5.41) is 5.42. The summed E-state index contributed by atoms with van der Waals surface area (Å²) >= 11 is 6.19. The summed E-state index contributed by atoms with van der Waals surface area (Å²) in [5.74, 6) is 0.314. The van der Waals surface area contributed by atoms with Gasteiger partial charge in [-0.15, -0.1) is 0 Å². The van der Waals surface area contributed by atoms with Gasteiger partial charge in [0.15, 0.2) is 0 Å². The van der Waals surface area contributed by atoms with Crippen molar-refractivity contribution in [3.05, 3.63) is 71.2 Å². The number of nitrogens with one attached hydrogen (secondary N) is 1. The number of benzene rings is 3. The smallest absolute Gasteiger partial charge is 0.244 e. The van der Waals surface area contributed by atoms with E-state index >= 15 is 0 Å². The molecule has 0 saturated carbocycles. The molecule has 0 aliphatic heterocycles. The minimum absolute atomic E-state index is 0.244. The van der Waals surface area contributed by atoms with Gasteiger partial charge in [-0.05, 0) is 53.9 Å². The lowest BCUT2D eigenvalue weighted by Crippen LogP contribution is -2.50. The monoisotopic (exact) mass is 474 g/mol. The number of fused-ring (bicyclic) bond motifs is 1. The van der Waals surface area contributed by atoms with Gasteiger partial charge >= 0.3 is 0 Å². The van der Waals surface area contributed by atoms with Crippen molar-refractivity contribution in [3.8, 4) is 5.75 Å². The molecule has 3 aromatic carbocycles. The molecule has 8 heteroatoms. The van der Waals surface area contributed by atoms with Crippen molar-refractivity contribution in [2.45, 2.75) is 26.3 Å². The van der Waals surface area contributed by atoms with Crippen LogP contribution in [0.25, 0.3) is 10.8 Å². The van der Waals surface area contributed by atoms with E-state index in [0.29, 0.717) is 22.9 Å². The van der Waals surface area contributed by atoms with Crippen LogP contribution in [0.1, 0.15) is 18.9 Å². The van der Waals surface area contributed by atoms with Crippen LogP contribution in [-0.4, -0.2) is 39.8 Å². The highest BCUT2D eigenvalue weighted by Crippen LogP contribution is 2.27. The molecule has 3 rings (SSSR count). The first-order chi connectivity index (χ1) is 15.2. The van der Waals surface area contributed by atoms with Crippen LogP contribution in [0, 0.1) is 6.92 Å². The van der Waals surface area contributed by atoms with Crippen LogP contribution >= 0.6 is 11.6 Å². The predicted octanol–water partition coefficient (Wildman–Crippen LogP) is 4.54. The van der Waals surface area contributed by atoms with E-state index in [2.05, 4.69) is 5.32 Å². The third-order valence-electron chi connectivity index (χ3n) is 5.13. The summed E-state index contributed by atoms with van der Waals surface area (Å²) in [6, 6.07) is 17.8. The third-order valence-corrected chi connectivity index (χ3v) is 6.72. The van der Waals surface area contributed by atoms with Crippen LogP contribution in [0.3, 0.4) is 0 Å². The Kier molecular flexibility index (Phi) is 7.64. The molecule has 1 amide bonds. The predicted molar refractivity (Wildman–Crippen MR) is 130 cm³/mol. The zero-order chi connectivity index (χ0) is 23.3. The zero-order valence-corrected chi connectivity index (χ0v) is 19.9. The van der Waals surface area contributed by atoms with Gasteiger partial charge in [0.1, 0.15) is 18.4 Å². The van der Waals surface area contributed by atoms with Gasteiger partial charge in [-0.1, -0.05) is 54.9 Å². The highest BCUT2D eigenvalue weighted by molar-refractivity contribution is 7.92. The maximum Gasteiger partial charge on any atom is 0.244 e. The van der Waals surface area contributed by atoms with E-state index in [1.54, 1.807) is 25.1 Å². The Labute approximate surface area is 194 Å². The van der Waals surface area contributed by atoms with E-state index in [4.69, 9.17) is 16.3 Å². The van der Waals surface area contributed by atoms with Crippen molar-refractivity contribution in [3.63, 3.8) is 0 Å². The summed E-state index contributed by atoms with van der Waals surface area (Å²) in [4.78, 5) is 12.9. The highest BCUT2D eigenvalue weighted by Gasteiger charge is 2.31. The fourth-order valence-corrected chi connectivity index (χ4v) is 4.88. The average Bonchev–Trinajstić information content (AvgIpc) is 2.76. The molecule has 1 N–H and O–H groups in total. The van der Waals surface area contributed by atoms with Gasteiger partial charge in [0.25, 0.3) is 0 Å². The summed E-state index contributed by atoms with van der Waals surface area (Å²) < 4.78 is 31.9. The molecule has 0 spiro atoms. The number of hydrogen-bond donors (Lipinski definition) is 1. The second kappa shape index (κ2) is 10.2. The van der Waals surface area contributed by atoms with E-state index in [1.165, 1.54) is 0 Å². The van der Waals surface area contributed by atoms with Crippen LogP contribution in [0.5, 0.6) is 5.75 Å². The second-order valence-electron chi connectivity index (χ2n) is 7.56. The molecular weight excluding hydrogens is 448 g/mol. The molecule has 0 fully saturated rings. The molecule has 0 aliphatic rings. The zero-order valence-electron chi connectivity index (χ0n) is 18.3. The molecule has 0 radical (unpaired) electrons. The highest BCUT2D eigenvalue weighted by atomic mass is 35.5.